The van der Waals surface area contributed by atoms with Crippen molar-refractivity contribution in [3.8, 4) is 0 Å². The molecule has 0 bridgehead atoms. The Morgan fingerprint density at radius 2 is 2.27 bits per heavy atom. The smallest absolute Gasteiger partial charge is 0.126 e. The highest BCUT2D eigenvalue weighted by molar-refractivity contribution is 7.98. The Morgan fingerprint density at radius 3 is 2.87 bits per heavy atom. The molecule has 0 aromatic carbocycles. The molecule has 3 N–H and O–H groups in total. The lowest BCUT2D eigenvalue weighted by Crippen LogP contribution is -2.17. The molecule has 0 aliphatic rings. The molecule has 1 atom stereocenters. The van der Waals surface area contributed by atoms with Gasteiger partial charge in [0, 0.05) is 6.04 Å². The molecule has 1 unspecified atom stereocenters. The largest absolute Gasteiger partial charge is 0.397 e. The van der Waals surface area contributed by atoms with Crippen LogP contribution in [0.1, 0.15) is 19.0 Å². The first-order valence-electron chi connectivity index (χ1n) is 5.12. The van der Waals surface area contributed by atoms with Crippen molar-refractivity contribution in [2.24, 2.45) is 0 Å². The van der Waals surface area contributed by atoms with Crippen molar-refractivity contribution in [2.45, 2.75) is 26.3 Å². The highest BCUT2D eigenvalue weighted by atomic mass is 32.2. The third-order valence-corrected chi connectivity index (χ3v) is 2.92. The number of hydrogen-bond acceptors (Lipinski definition) is 4. The number of aryl methyl sites for hydroxylation is 1. The molecule has 0 saturated carbocycles. The van der Waals surface area contributed by atoms with Crippen LogP contribution in [0.15, 0.2) is 12.1 Å². The zero-order chi connectivity index (χ0) is 11.3. The van der Waals surface area contributed by atoms with Gasteiger partial charge in [-0.1, -0.05) is 0 Å². The van der Waals surface area contributed by atoms with E-state index < -0.39 is 0 Å². The number of hydrogen-bond donors (Lipinski definition) is 2. The molecule has 0 saturated heterocycles. The SMILES string of the molecule is CSCCC(C)Nc1ccc(N)c(C)n1. The van der Waals surface area contributed by atoms with E-state index >= 15 is 0 Å². The fraction of sp³-hybridized carbons (Fsp3) is 0.545. The quantitative estimate of drug-likeness (QED) is 0.808. The summed E-state index contributed by atoms with van der Waals surface area (Å²) in [6, 6.07) is 4.28. The van der Waals surface area contributed by atoms with Gasteiger partial charge >= 0.3 is 0 Å². The summed E-state index contributed by atoms with van der Waals surface area (Å²) in [5.41, 5.74) is 7.34. The van der Waals surface area contributed by atoms with Gasteiger partial charge in [-0.25, -0.2) is 4.98 Å². The van der Waals surface area contributed by atoms with Gasteiger partial charge in [-0.3, -0.25) is 0 Å². The lowest BCUT2D eigenvalue weighted by molar-refractivity contribution is 0.766. The Hall–Kier alpha value is -0.900. The molecule has 1 rings (SSSR count). The summed E-state index contributed by atoms with van der Waals surface area (Å²) in [5.74, 6) is 2.08. The van der Waals surface area contributed by atoms with Gasteiger partial charge in [-0.2, -0.15) is 11.8 Å². The Bertz CT molecular complexity index is 315. The van der Waals surface area contributed by atoms with E-state index in [-0.39, 0.29) is 0 Å². The van der Waals surface area contributed by atoms with Gasteiger partial charge in [-0.05, 0) is 44.4 Å². The minimum absolute atomic E-state index is 0.452. The molecule has 1 aromatic rings. The van der Waals surface area contributed by atoms with Gasteiger partial charge in [0.2, 0.25) is 0 Å². The first kappa shape index (κ1) is 12.2. The van der Waals surface area contributed by atoms with E-state index in [1.54, 1.807) is 0 Å². The molecule has 0 aliphatic heterocycles. The first-order chi connectivity index (χ1) is 7.13. The van der Waals surface area contributed by atoms with Crippen molar-refractivity contribution < 1.29 is 0 Å². The minimum Gasteiger partial charge on any atom is -0.397 e. The predicted molar refractivity (Wildman–Crippen MR) is 69.5 cm³/mol. The van der Waals surface area contributed by atoms with Crippen LogP contribution in [0.5, 0.6) is 0 Å². The van der Waals surface area contributed by atoms with E-state index in [1.165, 1.54) is 5.75 Å². The normalized spacial score (nSPS) is 12.5. The Balaban J connectivity index is 2.53. The van der Waals surface area contributed by atoms with Crippen LogP contribution in [0.4, 0.5) is 11.5 Å². The Labute approximate surface area is 95.9 Å². The number of anilines is 2. The zero-order valence-electron chi connectivity index (χ0n) is 9.58. The highest BCUT2D eigenvalue weighted by Crippen LogP contribution is 2.13. The molecule has 1 aromatic heterocycles. The van der Waals surface area contributed by atoms with Gasteiger partial charge in [0.25, 0.3) is 0 Å². The van der Waals surface area contributed by atoms with Crippen molar-refractivity contribution >= 4 is 23.3 Å². The topological polar surface area (TPSA) is 50.9 Å². The molecular formula is C11H19N3S. The number of nitrogens with one attached hydrogen (secondary N) is 1. The second kappa shape index (κ2) is 5.85. The van der Waals surface area contributed by atoms with Crippen LogP contribution in [-0.2, 0) is 0 Å². The van der Waals surface area contributed by atoms with Crippen LogP contribution in [0.3, 0.4) is 0 Å². The summed E-state index contributed by atoms with van der Waals surface area (Å²) in [6.45, 7) is 4.09. The van der Waals surface area contributed by atoms with Crippen LogP contribution in [0.2, 0.25) is 0 Å². The van der Waals surface area contributed by atoms with Gasteiger partial charge in [0.05, 0.1) is 11.4 Å². The first-order valence-corrected chi connectivity index (χ1v) is 6.51. The Morgan fingerprint density at radius 1 is 1.53 bits per heavy atom. The molecule has 4 heteroatoms. The number of nitrogens with two attached hydrogens (primary N) is 1. The van der Waals surface area contributed by atoms with Gasteiger partial charge in [0.15, 0.2) is 0 Å². The summed E-state index contributed by atoms with van der Waals surface area (Å²) >= 11 is 1.87. The molecule has 0 aliphatic carbocycles. The highest BCUT2D eigenvalue weighted by Gasteiger charge is 2.03. The average molecular weight is 225 g/mol. The summed E-state index contributed by atoms with van der Waals surface area (Å²) in [4.78, 5) is 4.38. The van der Waals surface area contributed by atoms with Crippen LogP contribution in [-0.4, -0.2) is 23.0 Å². The average Bonchev–Trinajstić information content (AvgIpc) is 2.20. The van der Waals surface area contributed by atoms with Crippen LogP contribution < -0.4 is 11.1 Å². The molecule has 1 heterocycles. The minimum atomic E-state index is 0.452. The van der Waals surface area contributed by atoms with E-state index in [4.69, 9.17) is 5.73 Å². The van der Waals surface area contributed by atoms with Gasteiger partial charge < -0.3 is 11.1 Å². The van der Waals surface area contributed by atoms with Crippen molar-refractivity contribution in [2.75, 3.05) is 23.1 Å². The molecule has 0 amide bonds. The van der Waals surface area contributed by atoms with Crippen molar-refractivity contribution in [3.63, 3.8) is 0 Å². The molecule has 0 spiro atoms. The van der Waals surface area contributed by atoms with Crippen molar-refractivity contribution in [1.29, 1.82) is 0 Å². The molecule has 0 radical (unpaired) electrons. The van der Waals surface area contributed by atoms with Crippen molar-refractivity contribution in [3.05, 3.63) is 17.8 Å². The molecule has 0 fully saturated rings. The number of rotatable bonds is 5. The van der Waals surface area contributed by atoms with E-state index in [9.17, 15) is 0 Å². The maximum atomic E-state index is 5.71. The van der Waals surface area contributed by atoms with E-state index in [1.807, 2.05) is 30.8 Å². The van der Waals surface area contributed by atoms with E-state index in [0.29, 0.717) is 6.04 Å². The second-order valence-corrected chi connectivity index (χ2v) is 4.68. The monoisotopic (exact) mass is 225 g/mol. The number of nitrogens with zero attached hydrogens (tertiary/aromatic N) is 1. The fourth-order valence-electron chi connectivity index (χ4n) is 1.27. The Kier molecular flexibility index (Phi) is 4.75. The summed E-state index contributed by atoms with van der Waals surface area (Å²) in [7, 11) is 0. The van der Waals surface area contributed by atoms with Gasteiger partial charge in [0.1, 0.15) is 5.82 Å². The third kappa shape index (κ3) is 4.00. The molecule has 84 valence electrons. The predicted octanol–water partition coefficient (Wildman–Crippen LogP) is 2.53. The van der Waals surface area contributed by atoms with E-state index in [0.717, 1.165) is 23.6 Å². The summed E-state index contributed by atoms with van der Waals surface area (Å²) in [5, 5.41) is 3.36. The number of aromatic nitrogens is 1. The van der Waals surface area contributed by atoms with Crippen molar-refractivity contribution in [1.82, 2.24) is 4.98 Å². The standard InChI is InChI=1S/C11H19N3S/c1-8(6-7-15-3)13-11-5-4-10(12)9(2)14-11/h4-5,8H,6-7,12H2,1-3H3,(H,13,14). The third-order valence-electron chi connectivity index (χ3n) is 2.28. The molecular weight excluding hydrogens is 206 g/mol. The number of pyridine rings is 1. The molecule has 15 heavy (non-hydrogen) atoms. The van der Waals surface area contributed by atoms with Crippen LogP contribution in [0, 0.1) is 6.92 Å². The lowest BCUT2D eigenvalue weighted by Gasteiger charge is -2.14. The molecule has 3 nitrogen and oxygen atoms in total. The maximum Gasteiger partial charge on any atom is 0.126 e. The maximum absolute atomic E-state index is 5.71. The van der Waals surface area contributed by atoms with Gasteiger partial charge in [-0.15, -0.1) is 0 Å². The lowest BCUT2D eigenvalue weighted by atomic mass is 10.2. The second-order valence-electron chi connectivity index (χ2n) is 3.70. The zero-order valence-corrected chi connectivity index (χ0v) is 10.4. The summed E-state index contributed by atoms with van der Waals surface area (Å²) < 4.78 is 0. The fourth-order valence-corrected chi connectivity index (χ4v) is 1.86. The van der Waals surface area contributed by atoms with E-state index in [2.05, 4.69) is 23.5 Å². The van der Waals surface area contributed by atoms with Crippen LogP contribution >= 0.6 is 11.8 Å². The summed E-state index contributed by atoms with van der Waals surface area (Å²) in [6.07, 6.45) is 3.27. The number of nitrogen functional groups attached to an aromatic ring is 1. The van der Waals surface area contributed by atoms with Crippen LogP contribution in [0.25, 0.3) is 0 Å². The number of thioether (sulfide) groups is 1.